The molecule has 0 aliphatic carbocycles. The van der Waals surface area contributed by atoms with Crippen LogP contribution < -0.4 is 0 Å². The average Bonchev–Trinajstić information content (AvgIpc) is 2.86. The zero-order chi connectivity index (χ0) is 16.4. The van der Waals surface area contributed by atoms with E-state index in [4.69, 9.17) is 4.52 Å². The van der Waals surface area contributed by atoms with E-state index in [1.807, 2.05) is 11.9 Å². The van der Waals surface area contributed by atoms with Crippen molar-refractivity contribution >= 4 is 5.91 Å². The molecule has 0 bridgehead atoms. The maximum Gasteiger partial charge on any atom is 0.255 e. The summed E-state index contributed by atoms with van der Waals surface area (Å²) in [4.78, 5) is 16.4. The van der Waals surface area contributed by atoms with Gasteiger partial charge in [0.05, 0.1) is 12.7 Å². The lowest BCUT2D eigenvalue weighted by Gasteiger charge is -2.42. The summed E-state index contributed by atoms with van der Waals surface area (Å²) in [5.41, 5.74) is -1.28. The van der Waals surface area contributed by atoms with Crippen LogP contribution in [0.3, 0.4) is 0 Å². The highest BCUT2D eigenvalue weighted by molar-refractivity contribution is 5.86. The summed E-state index contributed by atoms with van der Waals surface area (Å²) >= 11 is 0. The number of amides is 1. The van der Waals surface area contributed by atoms with Crippen molar-refractivity contribution in [3.05, 3.63) is 18.0 Å². The van der Waals surface area contributed by atoms with Crippen LogP contribution in [0.5, 0.6) is 0 Å². The summed E-state index contributed by atoms with van der Waals surface area (Å²) in [5.74, 6) is 0.569. The zero-order valence-electron chi connectivity index (χ0n) is 14.0. The molecule has 2 heterocycles. The maximum absolute atomic E-state index is 12.7. The van der Waals surface area contributed by atoms with Gasteiger partial charge in [-0.3, -0.25) is 9.69 Å². The Bertz CT molecular complexity index is 495. The lowest BCUT2D eigenvalue weighted by molar-refractivity contribution is -0.160. The van der Waals surface area contributed by atoms with Crippen molar-refractivity contribution in [1.29, 1.82) is 0 Å². The van der Waals surface area contributed by atoms with E-state index in [-0.39, 0.29) is 11.3 Å². The summed E-state index contributed by atoms with van der Waals surface area (Å²) in [6.07, 6.45) is 2.93. The van der Waals surface area contributed by atoms with Crippen molar-refractivity contribution < 1.29 is 14.4 Å². The van der Waals surface area contributed by atoms with Crippen LogP contribution in [0.4, 0.5) is 0 Å². The van der Waals surface area contributed by atoms with Gasteiger partial charge in [-0.2, -0.15) is 0 Å². The van der Waals surface area contributed by atoms with Crippen LogP contribution in [0, 0.1) is 5.41 Å². The number of nitrogens with zero attached hydrogens (tertiary/aromatic N) is 3. The molecule has 1 amide bonds. The van der Waals surface area contributed by atoms with Gasteiger partial charge in [0.1, 0.15) is 0 Å². The van der Waals surface area contributed by atoms with E-state index in [0.29, 0.717) is 26.1 Å². The molecule has 2 rings (SSSR count). The third kappa shape index (κ3) is 4.30. The van der Waals surface area contributed by atoms with E-state index in [1.165, 1.54) is 0 Å². The number of carbonyl (C=O) groups is 1. The Morgan fingerprint density at radius 1 is 1.50 bits per heavy atom. The van der Waals surface area contributed by atoms with Crippen molar-refractivity contribution in [2.75, 3.05) is 26.7 Å². The second-order valence-electron chi connectivity index (χ2n) is 7.57. The third-order valence-corrected chi connectivity index (χ3v) is 3.82. The van der Waals surface area contributed by atoms with Crippen molar-refractivity contribution in [2.24, 2.45) is 5.41 Å². The molecule has 1 aliphatic rings. The first-order chi connectivity index (χ1) is 10.2. The van der Waals surface area contributed by atoms with Gasteiger partial charge in [-0.05, 0) is 25.3 Å². The average molecular weight is 309 g/mol. The van der Waals surface area contributed by atoms with Crippen molar-refractivity contribution in [1.82, 2.24) is 15.0 Å². The van der Waals surface area contributed by atoms with Crippen molar-refractivity contribution in [2.45, 2.75) is 45.8 Å². The number of aromatic nitrogens is 1. The van der Waals surface area contributed by atoms with Gasteiger partial charge < -0.3 is 14.5 Å². The predicted molar refractivity (Wildman–Crippen MR) is 83.1 cm³/mol. The van der Waals surface area contributed by atoms with Gasteiger partial charge >= 0.3 is 0 Å². The van der Waals surface area contributed by atoms with Crippen LogP contribution >= 0.6 is 0 Å². The molecule has 6 heteroatoms. The molecule has 0 saturated carbocycles. The van der Waals surface area contributed by atoms with Crippen molar-refractivity contribution in [3.63, 3.8) is 0 Å². The Morgan fingerprint density at radius 2 is 2.23 bits per heavy atom. The van der Waals surface area contributed by atoms with Crippen LogP contribution in [0.15, 0.2) is 16.8 Å². The number of rotatable bonds is 5. The topological polar surface area (TPSA) is 69.8 Å². The fourth-order valence-corrected chi connectivity index (χ4v) is 3.03. The summed E-state index contributed by atoms with van der Waals surface area (Å²) in [7, 11) is 1.87. The van der Waals surface area contributed by atoms with Gasteiger partial charge in [0.25, 0.3) is 5.91 Å². The SMILES string of the molecule is CN(Cc1ccno1)CC1(O)CCCN(CC(C)(C)C)C1=O. The Labute approximate surface area is 132 Å². The maximum atomic E-state index is 12.7. The monoisotopic (exact) mass is 309 g/mol. The molecular weight excluding hydrogens is 282 g/mol. The quantitative estimate of drug-likeness (QED) is 0.893. The number of likely N-dealkylation sites (tertiary alicyclic amines) is 1. The molecule has 1 N–H and O–H groups in total. The van der Waals surface area contributed by atoms with Gasteiger partial charge in [-0.25, -0.2) is 0 Å². The highest BCUT2D eigenvalue weighted by atomic mass is 16.5. The van der Waals surface area contributed by atoms with Crippen LogP contribution in [-0.4, -0.2) is 58.3 Å². The molecular formula is C16H27N3O3. The summed E-state index contributed by atoms with van der Waals surface area (Å²) in [5, 5.41) is 14.5. The number of hydrogen-bond donors (Lipinski definition) is 1. The fraction of sp³-hybridized carbons (Fsp3) is 0.750. The molecule has 0 aromatic carbocycles. The first kappa shape index (κ1) is 17.0. The molecule has 1 fully saturated rings. The molecule has 0 spiro atoms. The zero-order valence-corrected chi connectivity index (χ0v) is 14.0. The highest BCUT2D eigenvalue weighted by Gasteiger charge is 2.43. The molecule has 1 atom stereocenters. The Kier molecular flexibility index (Phi) is 4.92. The summed E-state index contributed by atoms with van der Waals surface area (Å²) in [6.45, 7) is 8.52. The first-order valence-electron chi connectivity index (χ1n) is 7.79. The molecule has 22 heavy (non-hydrogen) atoms. The largest absolute Gasteiger partial charge is 0.379 e. The van der Waals surface area contributed by atoms with E-state index in [0.717, 1.165) is 18.7 Å². The molecule has 0 radical (unpaired) electrons. The molecule has 1 aromatic heterocycles. The van der Waals surface area contributed by atoms with E-state index < -0.39 is 5.60 Å². The van der Waals surface area contributed by atoms with E-state index in [9.17, 15) is 9.90 Å². The standard InChI is InChI=1S/C16H27N3O3/c1-15(2,3)11-19-9-5-7-16(21,14(19)20)12-18(4)10-13-6-8-17-22-13/h6,8,21H,5,7,9-12H2,1-4H3. The lowest BCUT2D eigenvalue weighted by Crippen LogP contribution is -2.59. The summed E-state index contributed by atoms with van der Waals surface area (Å²) in [6, 6.07) is 1.79. The Morgan fingerprint density at radius 3 is 2.82 bits per heavy atom. The van der Waals surface area contributed by atoms with Crippen LogP contribution in [0.2, 0.25) is 0 Å². The minimum absolute atomic E-state index is 0.0274. The van der Waals surface area contributed by atoms with Crippen LogP contribution in [0.25, 0.3) is 0 Å². The predicted octanol–water partition coefficient (Wildman–Crippen LogP) is 1.51. The highest BCUT2D eigenvalue weighted by Crippen LogP contribution is 2.27. The van der Waals surface area contributed by atoms with Crippen LogP contribution in [0.1, 0.15) is 39.4 Å². The normalized spacial score (nSPS) is 23.4. The third-order valence-electron chi connectivity index (χ3n) is 3.82. The molecule has 1 saturated heterocycles. The second kappa shape index (κ2) is 6.38. The lowest BCUT2D eigenvalue weighted by atomic mass is 9.88. The van der Waals surface area contributed by atoms with Gasteiger partial charge in [-0.15, -0.1) is 0 Å². The van der Waals surface area contributed by atoms with Gasteiger partial charge in [-0.1, -0.05) is 25.9 Å². The first-order valence-corrected chi connectivity index (χ1v) is 7.79. The molecule has 1 aliphatic heterocycles. The van der Waals surface area contributed by atoms with Gasteiger partial charge in [0, 0.05) is 25.7 Å². The Hall–Kier alpha value is -1.40. The number of piperidine rings is 1. The minimum Gasteiger partial charge on any atom is -0.379 e. The van der Waals surface area contributed by atoms with Crippen molar-refractivity contribution in [3.8, 4) is 0 Å². The van der Waals surface area contributed by atoms with E-state index in [1.54, 1.807) is 17.2 Å². The van der Waals surface area contributed by atoms with Gasteiger partial charge in [0.2, 0.25) is 0 Å². The van der Waals surface area contributed by atoms with Crippen LogP contribution in [-0.2, 0) is 11.3 Å². The molecule has 6 nitrogen and oxygen atoms in total. The number of likely N-dealkylation sites (N-methyl/N-ethyl adjacent to an activating group) is 1. The second-order valence-corrected chi connectivity index (χ2v) is 7.57. The van der Waals surface area contributed by atoms with E-state index >= 15 is 0 Å². The number of aliphatic hydroxyl groups is 1. The summed E-state index contributed by atoms with van der Waals surface area (Å²) < 4.78 is 5.07. The van der Waals surface area contributed by atoms with Gasteiger partial charge in [0.15, 0.2) is 11.4 Å². The Balaban J connectivity index is 1.99. The van der Waals surface area contributed by atoms with E-state index in [2.05, 4.69) is 25.9 Å². The minimum atomic E-state index is -1.31. The number of carbonyl (C=O) groups excluding carboxylic acids is 1. The molecule has 1 unspecified atom stereocenters. The smallest absolute Gasteiger partial charge is 0.255 e. The fourth-order valence-electron chi connectivity index (χ4n) is 3.03. The molecule has 1 aromatic rings. The number of hydrogen-bond acceptors (Lipinski definition) is 5. The molecule has 124 valence electrons.